The van der Waals surface area contributed by atoms with Gasteiger partial charge in [-0.05, 0) is 50.0 Å². The van der Waals surface area contributed by atoms with Crippen molar-refractivity contribution < 1.29 is 19.0 Å². The van der Waals surface area contributed by atoms with E-state index in [2.05, 4.69) is 5.32 Å². The average molecular weight is 354 g/mol. The number of rotatable bonds is 8. The Labute approximate surface area is 147 Å². The van der Waals surface area contributed by atoms with E-state index in [1.165, 1.54) is 6.08 Å². The SMILES string of the molecule is CCOc1c(Cl)cc(/C=C/C(=O)NCCC2CCCO2)cc1OC. The lowest BCUT2D eigenvalue weighted by atomic mass is 10.1. The zero-order chi connectivity index (χ0) is 17.4. The molecule has 1 N–H and O–H groups in total. The molecule has 1 unspecified atom stereocenters. The molecule has 1 saturated heterocycles. The van der Waals surface area contributed by atoms with E-state index < -0.39 is 0 Å². The van der Waals surface area contributed by atoms with Gasteiger partial charge in [0.2, 0.25) is 5.91 Å². The predicted molar refractivity (Wildman–Crippen MR) is 94.8 cm³/mol. The molecule has 0 aromatic heterocycles. The van der Waals surface area contributed by atoms with Crippen molar-refractivity contribution in [1.29, 1.82) is 0 Å². The van der Waals surface area contributed by atoms with Gasteiger partial charge >= 0.3 is 0 Å². The predicted octanol–water partition coefficient (Wildman–Crippen LogP) is 3.45. The maximum absolute atomic E-state index is 11.9. The highest BCUT2D eigenvalue weighted by Crippen LogP contribution is 2.36. The first-order valence-electron chi connectivity index (χ1n) is 8.22. The van der Waals surface area contributed by atoms with Crippen molar-refractivity contribution in [3.8, 4) is 11.5 Å². The third-order valence-corrected chi connectivity index (χ3v) is 4.04. The second kappa shape index (κ2) is 9.55. The largest absolute Gasteiger partial charge is 0.493 e. The number of halogens is 1. The molecule has 1 aliphatic heterocycles. The van der Waals surface area contributed by atoms with Gasteiger partial charge in [-0.2, -0.15) is 0 Å². The number of amides is 1. The number of hydrogen-bond acceptors (Lipinski definition) is 4. The number of nitrogens with one attached hydrogen (secondary N) is 1. The topological polar surface area (TPSA) is 56.8 Å². The van der Waals surface area contributed by atoms with Crippen molar-refractivity contribution in [3.05, 3.63) is 28.8 Å². The molecule has 1 heterocycles. The van der Waals surface area contributed by atoms with Crippen LogP contribution in [0, 0.1) is 0 Å². The molecule has 1 aliphatic rings. The normalized spacial score (nSPS) is 17.2. The summed E-state index contributed by atoms with van der Waals surface area (Å²) in [5.74, 6) is 0.916. The molecule has 2 rings (SSSR count). The van der Waals surface area contributed by atoms with Crippen LogP contribution in [0.5, 0.6) is 11.5 Å². The molecule has 0 radical (unpaired) electrons. The van der Waals surface area contributed by atoms with Crippen molar-refractivity contribution in [2.24, 2.45) is 0 Å². The van der Waals surface area contributed by atoms with Crippen LogP contribution >= 0.6 is 11.6 Å². The minimum Gasteiger partial charge on any atom is -0.493 e. The highest BCUT2D eigenvalue weighted by atomic mass is 35.5. The van der Waals surface area contributed by atoms with Crippen LogP contribution in [0.25, 0.3) is 6.08 Å². The summed E-state index contributed by atoms with van der Waals surface area (Å²) >= 11 is 6.21. The van der Waals surface area contributed by atoms with E-state index in [1.54, 1.807) is 25.3 Å². The highest BCUT2D eigenvalue weighted by molar-refractivity contribution is 6.32. The van der Waals surface area contributed by atoms with Gasteiger partial charge in [-0.15, -0.1) is 0 Å². The summed E-state index contributed by atoms with van der Waals surface area (Å²) < 4.78 is 16.3. The molecule has 1 aromatic rings. The Morgan fingerprint density at radius 3 is 3.00 bits per heavy atom. The summed E-state index contributed by atoms with van der Waals surface area (Å²) in [4.78, 5) is 11.9. The van der Waals surface area contributed by atoms with Crippen LogP contribution in [0.1, 0.15) is 31.7 Å². The van der Waals surface area contributed by atoms with Gasteiger partial charge in [0.1, 0.15) is 0 Å². The molecule has 0 bridgehead atoms. The minimum atomic E-state index is -0.142. The third-order valence-electron chi connectivity index (χ3n) is 3.76. The van der Waals surface area contributed by atoms with Gasteiger partial charge < -0.3 is 19.5 Å². The van der Waals surface area contributed by atoms with Crippen LogP contribution in [0.15, 0.2) is 18.2 Å². The number of ether oxygens (including phenoxy) is 3. The quantitative estimate of drug-likeness (QED) is 0.727. The molecule has 0 saturated carbocycles. The van der Waals surface area contributed by atoms with E-state index in [1.807, 2.05) is 6.92 Å². The fourth-order valence-electron chi connectivity index (χ4n) is 2.58. The first-order chi connectivity index (χ1) is 11.6. The van der Waals surface area contributed by atoms with Crippen LogP contribution in [0.3, 0.4) is 0 Å². The summed E-state index contributed by atoms with van der Waals surface area (Å²) in [5.41, 5.74) is 0.773. The second-order valence-corrected chi connectivity index (χ2v) is 5.92. The molecule has 5 nitrogen and oxygen atoms in total. The Kier molecular flexibility index (Phi) is 7.40. The Bertz CT molecular complexity index is 583. The van der Waals surface area contributed by atoms with E-state index in [0.717, 1.165) is 31.4 Å². The third kappa shape index (κ3) is 5.42. The zero-order valence-electron chi connectivity index (χ0n) is 14.1. The average Bonchev–Trinajstić information content (AvgIpc) is 3.08. The van der Waals surface area contributed by atoms with Crippen LogP contribution in [0.4, 0.5) is 0 Å². The van der Waals surface area contributed by atoms with Crippen molar-refractivity contribution in [2.75, 3.05) is 26.9 Å². The molecular formula is C18H24ClNO4. The van der Waals surface area contributed by atoms with E-state index in [0.29, 0.717) is 29.7 Å². The number of carbonyl (C=O) groups excluding carboxylic acids is 1. The first kappa shape index (κ1) is 18.6. The Hall–Kier alpha value is -1.72. The number of carbonyl (C=O) groups is 1. The maximum Gasteiger partial charge on any atom is 0.244 e. The highest BCUT2D eigenvalue weighted by Gasteiger charge is 2.15. The molecule has 132 valence electrons. The van der Waals surface area contributed by atoms with Gasteiger partial charge in [0.25, 0.3) is 0 Å². The Balaban J connectivity index is 1.90. The first-order valence-corrected chi connectivity index (χ1v) is 8.59. The lowest BCUT2D eigenvalue weighted by Gasteiger charge is -2.12. The lowest BCUT2D eigenvalue weighted by Crippen LogP contribution is -2.25. The van der Waals surface area contributed by atoms with E-state index in [4.69, 9.17) is 25.8 Å². The van der Waals surface area contributed by atoms with Gasteiger partial charge in [0, 0.05) is 19.2 Å². The Morgan fingerprint density at radius 2 is 2.33 bits per heavy atom. The van der Waals surface area contributed by atoms with Crippen molar-refractivity contribution in [3.63, 3.8) is 0 Å². The molecule has 1 aromatic carbocycles. The minimum absolute atomic E-state index is 0.142. The molecule has 1 amide bonds. The molecule has 1 fully saturated rings. The lowest BCUT2D eigenvalue weighted by molar-refractivity contribution is -0.116. The fourth-order valence-corrected chi connectivity index (χ4v) is 2.85. The summed E-state index contributed by atoms with van der Waals surface area (Å²) in [6, 6.07) is 3.53. The fraction of sp³-hybridized carbons (Fsp3) is 0.500. The summed E-state index contributed by atoms with van der Waals surface area (Å²) in [5, 5.41) is 3.31. The van der Waals surface area contributed by atoms with Crippen LogP contribution < -0.4 is 14.8 Å². The van der Waals surface area contributed by atoms with Gasteiger partial charge in [-0.1, -0.05) is 11.6 Å². The standard InChI is InChI=1S/C18H24ClNO4/c1-3-23-18-15(19)11-13(12-16(18)22-2)6-7-17(21)20-9-8-14-5-4-10-24-14/h6-7,11-12,14H,3-5,8-10H2,1-2H3,(H,20,21)/b7-6+. The molecule has 6 heteroatoms. The summed E-state index contributed by atoms with van der Waals surface area (Å²) in [6.45, 7) is 3.82. The summed E-state index contributed by atoms with van der Waals surface area (Å²) in [7, 11) is 1.56. The second-order valence-electron chi connectivity index (χ2n) is 5.52. The van der Waals surface area contributed by atoms with Crippen LogP contribution in [-0.2, 0) is 9.53 Å². The van der Waals surface area contributed by atoms with Crippen molar-refractivity contribution >= 4 is 23.6 Å². The molecular weight excluding hydrogens is 330 g/mol. The van der Waals surface area contributed by atoms with Gasteiger partial charge in [-0.3, -0.25) is 4.79 Å². The molecule has 24 heavy (non-hydrogen) atoms. The molecule has 1 atom stereocenters. The van der Waals surface area contributed by atoms with Crippen LogP contribution in [0.2, 0.25) is 5.02 Å². The van der Waals surface area contributed by atoms with Gasteiger partial charge in [0.15, 0.2) is 11.5 Å². The van der Waals surface area contributed by atoms with Crippen LogP contribution in [-0.4, -0.2) is 38.9 Å². The summed E-state index contributed by atoms with van der Waals surface area (Å²) in [6.07, 6.45) is 6.51. The van der Waals surface area contributed by atoms with Crippen molar-refractivity contribution in [2.45, 2.75) is 32.3 Å². The molecule has 0 aliphatic carbocycles. The Morgan fingerprint density at radius 1 is 1.50 bits per heavy atom. The van der Waals surface area contributed by atoms with Crippen molar-refractivity contribution in [1.82, 2.24) is 5.32 Å². The van der Waals surface area contributed by atoms with E-state index in [9.17, 15) is 4.79 Å². The maximum atomic E-state index is 11.9. The monoisotopic (exact) mass is 353 g/mol. The number of benzene rings is 1. The van der Waals surface area contributed by atoms with E-state index in [-0.39, 0.29) is 12.0 Å². The number of methoxy groups -OCH3 is 1. The van der Waals surface area contributed by atoms with Gasteiger partial charge in [-0.25, -0.2) is 0 Å². The smallest absolute Gasteiger partial charge is 0.244 e. The molecule has 0 spiro atoms. The van der Waals surface area contributed by atoms with E-state index >= 15 is 0 Å². The van der Waals surface area contributed by atoms with Gasteiger partial charge in [0.05, 0.1) is 24.8 Å². The zero-order valence-corrected chi connectivity index (χ0v) is 14.9. The number of hydrogen-bond donors (Lipinski definition) is 1.